The Balaban J connectivity index is 2.39. The number of esters is 1. The zero-order valence-corrected chi connectivity index (χ0v) is 9.40. The molecule has 76 valence electrons. The highest BCUT2D eigenvalue weighted by Gasteiger charge is 2.54. The number of carbonyl (C=O) groups is 1. The quantitative estimate of drug-likeness (QED) is 0.702. The molecule has 1 fully saturated rings. The molecule has 1 aromatic rings. The normalized spacial score (nSPS) is 17.9. The molecule has 0 unspecified atom stereocenters. The van der Waals surface area contributed by atoms with Crippen LogP contribution in [-0.2, 0) is 14.9 Å². The van der Waals surface area contributed by atoms with Crippen LogP contribution in [0.4, 0.5) is 0 Å². The molecule has 1 aliphatic carbocycles. The lowest BCUT2D eigenvalue weighted by Gasteiger charge is -2.10. The third kappa shape index (κ3) is 1.25. The SMILES string of the molecule is COC(=O)C1(c2sc(C)nc2C)CC1. The Morgan fingerprint density at radius 3 is 2.50 bits per heavy atom. The van der Waals surface area contributed by atoms with Crippen molar-refractivity contribution in [3.8, 4) is 0 Å². The summed E-state index contributed by atoms with van der Waals surface area (Å²) in [6.45, 7) is 3.93. The topological polar surface area (TPSA) is 39.2 Å². The lowest BCUT2D eigenvalue weighted by atomic mass is 10.0. The number of hydrogen-bond donors (Lipinski definition) is 0. The van der Waals surface area contributed by atoms with E-state index in [9.17, 15) is 4.79 Å². The molecule has 0 N–H and O–H groups in total. The second-order valence-corrected chi connectivity index (χ2v) is 4.92. The molecular formula is C10H13NO2S. The van der Waals surface area contributed by atoms with Crippen molar-refractivity contribution in [1.82, 2.24) is 4.98 Å². The van der Waals surface area contributed by atoms with E-state index in [4.69, 9.17) is 4.74 Å². The maximum Gasteiger partial charge on any atom is 0.317 e. The molecule has 0 bridgehead atoms. The van der Waals surface area contributed by atoms with Crippen LogP contribution in [0.15, 0.2) is 0 Å². The first-order chi connectivity index (χ1) is 6.60. The largest absolute Gasteiger partial charge is 0.468 e. The third-order valence-electron chi connectivity index (χ3n) is 2.66. The van der Waals surface area contributed by atoms with Gasteiger partial charge < -0.3 is 4.74 Å². The molecule has 0 amide bonds. The summed E-state index contributed by atoms with van der Waals surface area (Å²) in [4.78, 5) is 17.1. The van der Waals surface area contributed by atoms with Crippen LogP contribution in [0, 0.1) is 13.8 Å². The second kappa shape index (κ2) is 3.05. The molecule has 0 atom stereocenters. The molecule has 4 heteroatoms. The van der Waals surface area contributed by atoms with Gasteiger partial charge >= 0.3 is 5.97 Å². The molecule has 0 spiro atoms. The van der Waals surface area contributed by atoms with Crippen LogP contribution in [0.25, 0.3) is 0 Å². The van der Waals surface area contributed by atoms with Crippen LogP contribution < -0.4 is 0 Å². The van der Waals surface area contributed by atoms with Gasteiger partial charge in [-0.25, -0.2) is 4.98 Å². The van der Waals surface area contributed by atoms with Crippen molar-refractivity contribution in [3.63, 3.8) is 0 Å². The molecule has 14 heavy (non-hydrogen) atoms. The molecule has 0 aliphatic heterocycles. The first kappa shape index (κ1) is 9.65. The van der Waals surface area contributed by atoms with Gasteiger partial charge in [0.25, 0.3) is 0 Å². The third-order valence-corrected chi connectivity index (χ3v) is 3.94. The summed E-state index contributed by atoms with van der Waals surface area (Å²) in [5.41, 5.74) is 0.639. The van der Waals surface area contributed by atoms with E-state index in [1.807, 2.05) is 13.8 Å². The first-order valence-corrected chi connectivity index (χ1v) is 5.45. The van der Waals surface area contributed by atoms with Crippen molar-refractivity contribution >= 4 is 17.3 Å². The Morgan fingerprint density at radius 2 is 2.14 bits per heavy atom. The zero-order valence-electron chi connectivity index (χ0n) is 8.59. The Morgan fingerprint density at radius 1 is 1.50 bits per heavy atom. The molecule has 3 nitrogen and oxygen atoms in total. The van der Waals surface area contributed by atoms with Gasteiger partial charge in [0.2, 0.25) is 0 Å². The molecule has 1 saturated carbocycles. The van der Waals surface area contributed by atoms with Crippen LogP contribution in [-0.4, -0.2) is 18.1 Å². The summed E-state index contributed by atoms with van der Waals surface area (Å²) < 4.78 is 4.84. The lowest BCUT2D eigenvalue weighted by Crippen LogP contribution is -2.21. The number of nitrogens with zero attached hydrogens (tertiary/aromatic N) is 1. The predicted molar refractivity (Wildman–Crippen MR) is 54.5 cm³/mol. The number of hydrogen-bond acceptors (Lipinski definition) is 4. The summed E-state index contributed by atoms with van der Waals surface area (Å²) in [7, 11) is 1.45. The molecule has 0 saturated heterocycles. The number of ether oxygens (including phenoxy) is 1. The van der Waals surface area contributed by atoms with Gasteiger partial charge in [0.15, 0.2) is 0 Å². The average molecular weight is 211 g/mol. The minimum atomic E-state index is -0.343. The van der Waals surface area contributed by atoms with E-state index in [0.717, 1.165) is 28.4 Å². The predicted octanol–water partition coefficient (Wildman–Crippen LogP) is 1.96. The van der Waals surface area contributed by atoms with Crippen LogP contribution in [0.2, 0.25) is 0 Å². The standard InChI is InChI=1S/C10H13NO2S/c1-6-8(14-7(2)11-6)10(4-5-10)9(12)13-3/h4-5H2,1-3H3. The molecule has 1 aliphatic rings. The summed E-state index contributed by atoms with van der Waals surface area (Å²) in [6.07, 6.45) is 1.81. The van der Waals surface area contributed by atoms with E-state index in [2.05, 4.69) is 4.98 Å². The summed E-state index contributed by atoms with van der Waals surface area (Å²) in [6, 6.07) is 0. The minimum Gasteiger partial charge on any atom is -0.468 e. The number of rotatable bonds is 2. The van der Waals surface area contributed by atoms with Crippen molar-refractivity contribution in [2.24, 2.45) is 0 Å². The fourth-order valence-electron chi connectivity index (χ4n) is 1.82. The number of aryl methyl sites for hydroxylation is 2. The van der Waals surface area contributed by atoms with E-state index in [1.165, 1.54) is 7.11 Å². The Hall–Kier alpha value is -0.900. The highest BCUT2D eigenvalue weighted by atomic mass is 32.1. The van der Waals surface area contributed by atoms with E-state index in [1.54, 1.807) is 11.3 Å². The van der Waals surface area contributed by atoms with Crippen molar-refractivity contribution in [1.29, 1.82) is 0 Å². The average Bonchev–Trinajstić information content (AvgIpc) is 2.88. The summed E-state index contributed by atoms with van der Waals surface area (Å²) >= 11 is 1.62. The monoisotopic (exact) mass is 211 g/mol. The van der Waals surface area contributed by atoms with Crippen LogP contribution >= 0.6 is 11.3 Å². The van der Waals surface area contributed by atoms with Gasteiger partial charge in [0.05, 0.1) is 17.8 Å². The zero-order chi connectivity index (χ0) is 10.3. The molecular weight excluding hydrogens is 198 g/mol. The van der Waals surface area contributed by atoms with Gasteiger partial charge in [-0.05, 0) is 26.7 Å². The second-order valence-electron chi connectivity index (χ2n) is 3.72. The van der Waals surface area contributed by atoms with Gasteiger partial charge in [-0.2, -0.15) is 0 Å². The van der Waals surface area contributed by atoms with Gasteiger partial charge in [0.1, 0.15) is 5.41 Å². The van der Waals surface area contributed by atoms with Crippen LogP contribution in [0.1, 0.15) is 28.4 Å². The molecule has 0 aromatic carbocycles. The van der Waals surface area contributed by atoms with Crippen LogP contribution in [0.5, 0.6) is 0 Å². The maximum absolute atomic E-state index is 11.6. The summed E-state index contributed by atoms with van der Waals surface area (Å²) in [5, 5.41) is 1.02. The Labute approximate surface area is 87.1 Å². The maximum atomic E-state index is 11.6. The molecule has 0 radical (unpaired) electrons. The Kier molecular flexibility index (Phi) is 2.10. The van der Waals surface area contributed by atoms with Crippen molar-refractivity contribution < 1.29 is 9.53 Å². The van der Waals surface area contributed by atoms with E-state index < -0.39 is 0 Å². The van der Waals surface area contributed by atoms with E-state index >= 15 is 0 Å². The van der Waals surface area contributed by atoms with Crippen molar-refractivity contribution in [3.05, 3.63) is 15.6 Å². The van der Waals surface area contributed by atoms with Gasteiger partial charge in [-0.3, -0.25) is 4.79 Å². The number of methoxy groups -OCH3 is 1. The fraction of sp³-hybridized carbons (Fsp3) is 0.600. The minimum absolute atomic E-state index is 0.107. The smallest absolute Gasteiger partial charge is 0.317 e. The number of thiazole rings is 1. The summed E-state index contributed by atoms with van der Waals surface area (Å²) in [5.74, 6) is -0.107. The van der Waals surface area contributed by atoms with Gasteiger partial charge in [-0.1, -0.05) is 0 Å². The Bertz CT molecular complexity index is 379. The number of aromatic nitrogens is 1. The van der Waals surface area contributed by atoms with E-state index in [0.29, 0.717) is 0 Å². The fourth-order valence-corrected chi connectivity index (χ4v) is 2.97. The molecule has 1 heterocycles. The van der Waals surface area contributed by atoms with Crippen molar-refractivity contribution in [2.75, 3.05) is 7.11 Å². The highest BCUT2D eigenvalue weighted by molar-refractivity contribution is 7.12. The first-order valence-electron chi connectivity index (χ1n) is 4.63. The van der Waals surface area contributed by atoms with Gasteiger partial charge in [0, 0.05) is 4.88 Å². The highest BCUT2D eigenvalue weighted by Crippen LogP contribution is 2.52. The van der Waals surface area contributed by atoms with Gasteiger partial charge in [-0.15, -0.1) is 11.3 Å². The van der Waals surface area contributed by atoms with E-state index in [-0.39, 0.29) is 11.4 Å². The van der Waals surface area contributed by atoms with Crippen molar-refractivity contribution in [2.45, 2.75) is 32.1 Å². The lowest BCUT2D eigenvalue weighted by molar-refractivity contribution is -0.143. The molecule has 1 aromatic heterocycles. The number of carbonyl (C=O) groups excluding carboxylic acids is 1. The molecule has 2 rings (SSSR count). The van der Waals surface area contributed by atoms with Crippen LogP contribution in [0.3, 0.4) is 0 Å².